The van der Waals surface area contributed by atoms with Crippen LogP contribution in [0.25, 0.3) is 137 Å². The number of rotatable bonds is 4. The Labute approximate surface area is 800 Å². The summed E-state index contributed by atoms with van der Waals surface area (Å²) in [4.78, 5) is 8.28. The highest BCUT2D eigenvalue weighted by molar-refractivity contribution is 7.25. The minimum Gasteiger partial charge on any atom is -0.456 e. The number of hydrogen-bond donors (Lipinski definition) is 0. The molecule has 8 aromatic carbocycles. The number of furan rings is 1. The molecular formula is C112H173N18OS+5. The molecule has 0 fully saturated rings. The van der Waals surface area contributed by atoms with E-state index in [0.717, 1.165) is 85.8 Å². The summed E-state index contributed by atoms with van der Waals surface area (Å²) in [5.41, 5.74) is 22.9. The molecule has 0 aliphatic rings. The van der Waals surface area contributed by atoms with Crippen molar-refractivity contribution in [3.05, 3.63) is 219 Å². The molecule has 0 atom stereocenters. The Morgan fingerprint density at radius 3 is 1.16 bits per heavy atom. The number of pyridine rings is 1. The fourth-order valence-electron chi connectivity index (χ4n) is 15.7. The Morgan fingerprint density at radius 2 is 0.689 bits per heavy atom. The van der Waals surface area contributed by atoms with Gasteiger partial charge in [0.25, 0.3) is 58.1 Å². The fourth-order valence-corrected chi connectivity index (χ4v) is 16.8. The summed E-state index contributed by atoms with van der Waals surface area (Å²) in [5.74, 6) is 9.37. The van der Waals surface area contributed by atoms with E-state index in [1.807, 2.05) is 316 Å². The molecule has 19 nitrogen and oxygen atoms in total. The van der Waals surface area contributed by atoms with Crippen molar-refractivity contribution in [1.29, 1.82) is 0 Å². The lowest BCUT2D eigenvalue weighted by atomic mass is 9.91. The van der Waals surface area contributed by atoms with Crippen molar-refractivity contribution >= 4 is 103 Å². The average molecular weight is 1820 g/mol. The molecular weight excluding hydrogens is 1650 g/mol. The number of nitrogens with zero attached hydrogens (tertiary/aromatic N) is 18. The van der Waals surface area contributed by atoms with Gasteiger partial charge >= 0.3 is 0 Å². The number of aromatic nitrogens is 18. The van der Waals surface area contributed by atoms with Crippen LogP contribution in [0.4, 0.5) is 0 Å². The van der Waals surface area contributed by atoms with E-state index in [9.17, 15) is 0 Å². The van der Waals surface area contributed by atoms with E-state index in [1.54, 1.807) is 6.33 Å². The van der Waals surface area contributed by atoms with Gasteiger partial charge in [0.05, 0.1) is 85.5 Å². The van der Waals surface area contributed by atoms with Crippen LogP contribution in [0.2, 0.25) is 0 Å². The first-order valence-electron chi connectivity index (χ1n) is 48.9. The molecule has 0 amide bonds. The predicted octanol–water partition coefficient (Wildman–Crippen LogP) is 28.5. The minimum atomic E-state index is 0.917. The third-order valence-corrected chi connectivity index (χ3v) is 23.2. The molecule has 0 bridgehead atoms. The number of thiophene rings is 1. The van der Waals surface area contributed by atoms with Gasteiger partial charge in [0.15, 0.2) is 5.52 Å². The second kappa shape index (κ2) is 57.6. The van der Waals surface area contributed by atoms with E-state index in [4.69, 9.17) is 9.52 Å². The van der Waals surface area contributed by atoms with Crippen molar-refractivity contribution in [1.82, 2.24) is 63.3 Å². The van der Waals surface area contributed by atoms with Gasteiger partial charge in [-0.25, -0.2) is 32.8 Å². The second-order valence-electron chi connectivity index (χ2n) is 28.6. The quantitative estimate of drug-likeness (QED) is 0.125. The minimum absolute atomic E-state index is 0.917. The fraction of sp³-hybridized carbons (Fsp3) is 0.446. The molecule has 10 heterocycles. The van der Waals surface area contributed by atoms with E-state index >= 15 is 0 Å². The number of para-hydroxylation sites is 2. The Hall–Kier alpha value is -11.6. The maximum atomic E-state index is 6.02. The maximum Gasteiger partial charge on any atom is 0.286 e. The monoisotopic (exact) mass is 1820 g/mol. The third-order valence-electron chi connectivity index (χ3n) is 22.0. The van der Waals surface area contributed by atoms with E-state index < -0.39 is 0 Å². The van der Waals surface area contributed by atoms with Gasteiger partial charge in [0.2, 0.25) is 0 Å². The van der Waals surface area contributed by atoms with Crippen molar-refractivity contribution < 1.29 is 27.3 Å². The molecule has 718 valence electrons. The molecule has 0 saturated carbocycles. The SMILES string of the molecule is CC.CC.CC.CC.CC.CC.CC.CC.CC.CC.CC.CC.CC.Cc1c(C)c(C)c2c(c1C)c1cccc(C)c1c1n2nc(C)[n+]1C.Cc1cc2c(cc1-c1n(C)nc(C)[n+]1C)oc1ccccc12.Cc1cc2c(cc1-c1n(C)nc(C)[n+]1C)sc1ccccc12.Cc1cc2c3ccccc3n(C)c2cc1-c1n(C)nc(C)[n+]1C.Cc1cncnc1-c1n(C)nc(C)[n+]1C. The molecule has 0 radical (unpaired) electrons. The molecule has 0 N–H and O–H groups in total. The smallest absolute Gasteiger partial charge is 0.286 e. The summed E-state index contributed by atoms with van der Waals surface area (Å²) < 4.78 is 31.5. The lowest BCUT2D eigenvalue weighted by Crippen LogP contribution is -2.33. The van der Waals surface area contributed by atoms with Crippen molar-refractivity contribution in [3.63, 3.8) is 0 Å². The molecule has 18 aromatic rings. The van der Waals surface area contributed by atoms with Gasteiger partial charge in [0, 0.05) is 131 Å². The highest BCUT2D eigenvalue weighted by atomic mass is 32.1. The van der Waals surface area contributed by atoms with E-state index in [-0.39, 0.29) is 0 Å². The first kappa shape index (κ1) is 118. The summed E-state index contributed by atoms with van der Waals surface area (Å²) in [6.07, 6.45) is 3.37. The van der Waals surface area contributed by atoms with Gasteiger partial charge in [-0.15, -0.1) is 30.1 Å². The summed E-state index contributed by atoms with van der Waals surface area (Å²) in [7, 11) is 20.3. The number of benzene rings is 8. The first-order chi connectivity index (χ1) is 63.6. The highest BCUT2D eigenvalue weighted by Gasteiger charge is 2.30. The second-order valence-corrected chi connectivity index (χ2v) is 29.7. The van der Waals surface area contributed by atoms with Crippen molar-refractivity contribution in [2.75, 3.05) is 0 Å². The Bertz CT molecular complexity index is 6430. The zero-order valence-corrected chi connectivity index (χ0v) is 92.5. The van der Waals surface area contributed by atoms with Gasteiger partial charge in [-0.2, -0.15) is 0 Å². The summed E-state index contributed by atoms with van der Waals surface area (Å²) in [6.45, 7) is 81.8. The van der Waals surface area contributed by atoms with Crippen LogP contribution >= 0.6 is 11.3 Å². The van der Waals surface area contributed by atoms with E-state index in [0.29, 0.717) is 0 Å². The summed E-state index contributed by atoms with van der Waals surface area (Å²) in [6, 6.07) is 45.5. The first-order valence-corrected chi connectivity index (χ1v) is 49.7. The highest BCUT2D eigenvalue weighted by Crippen LogP contribution is 2.41. The predicted molar refractivity (Wildman–Crippen MR) is 574 cm³/mol. The van der Waals surface area contributed by atoms with Crippen LogP contribution in [0, 0.1) is 96.9 Å². The zero-order valence-electron chi connectivity index (χ0n) is 91.6. The van der Waals surface area contributed by atoms with Crippen LogP contribution in [0.1, 0.15) is 259 Å². The average Bonchev–Trinajstić information content (AvgIpc) is 1.43. The molecule has 0 saturated heterocycles. The van der Waals surface area contributed by atoms with Crippen molar-refractivity contribution in [3.8, 4) is 45.7 Å². The van der Waals surface area contributed by atoms with Gasteiger partial charge in [-0.3, -0.25) is 0 Å². The standard InChI is InChI=1S/C21H24N3.C19H21N4.C18H18N3O.C18H18N3S.C10H14N5.13C2H6/c1-11-9-8-10-17-18(11)21-23(7)16(6)22-24(21)20-15(5)13(3)12(2)14(4)19(17)20;1-12-10-16-14-8-6-7-9-17(14)22(4)18(16)11-15(12)19-21(3)13(2)20-23(19)5;2*1-11-9-15-13-7-5-6-8-16(13)22-17(15)10-14(11)18-20(3)12(2)19-21(18)4;1-7-5-11-6-12-9(7)10-14(3)8(2)13-15(10)4;13*1-2/h8-10H,1-7H3;6-11H,1-5H3;2*5-10H,1-4H3;5-6H,1-4H3;13*1-2H3/q5*+1;;;;;;;;;;;;;. The van der Waals surface area contributed by atoms with Crippen molar-refractivity contribution in [2.24, 2.45) is 70.5 Å². The van der Waals surface area contributed by atoms with E-state index in [2.05, 4.69) is 257 Å². The van der Waals surface area contributed by atoms with Crippen LogP contribution in [-0.4, -0.2) is 63.3 Å². The Balaban J connectivity index is 0.000000779. The zero-order chi connectivity index (χ0) is 101. The maximum absolute atomic E-state index is 6.02. The number of fused-ring (bicyclic) bond motifs is 15. The van der Waals surface area contributed by atoms with Crippen LogP contribution in [0.15, 0.2) is 144 Å². The Kier molecular flexibility index (Phi) is 51.7. The summed E-state index contributed by atoms with van der Waals surface area (Å²) in [5, 5.41) is 34.4. The molecule has 20 heteroatoms. The molecule has 0 spiro atoms. The van der Waals surface area contributed by atoms with Gasteiger partial charge < -0.3 is 8.98 Å². The van der Waals surface area contributed by atoms with Crippen molar-refractivity contribution in [2.45, 2.75) is 277 Å². The van der Waals surface area contributed by atoms with Crippen LogP contribution in [0.5, 0.6) is 0 Å². The number of aryl methyl sites for hydroxylation is 18. The lowest BCUT2D eigenvalue weighted by molar-refractivity contribution is -0.667. The Morgan fingerprint density at radius 1 is 0.295 bits per heavy atom. The molecule has 0 aliphatic heterocycles. The largest absolute Gasteiger partial charge is 0.456 e. The lowest BCUT2D eigenvalue weighted by Gasteiger charge is -2.15. The van der Waals surface area contributed by atoms with Gasteiger partial charge in [-0.1, -0.05) is 257 Å². The van der Waals surface area contributed by atoms with Crippen LogP contribution in [-0.2, 0) is 70.5 Å². The van der Waals surface area contributed by atoms with Gasteiger partial charge in [-0.05, 0) is 172 Å². The molecule has 10 aromatic heterocycles. The van der Waals surface area contributed by atoms with Crippen LogP contribution < -0.4 is 22.8 Å². The van der Waals surface area contributed by atoms with E-state index in [1.165, 1.54) is 130 Å². The number of hydrogen-bond acceptors (Lipinski definition) is 9. The molecule has 132 heavy (non-hydrogen) atoms. The molecule has 0 unspecified atom stereocenters. The molecule has 18 rings (SSSR count). The van der Waals surface area contributed by atoms with Gasteiger partial charge in [0.1, 0.15) is 23.2 Å². The summed E-state index contributed by atoms with van der Waals surface area (Å²) >= 11 is 1.86. The van der Waals surface area contributed by atoms with Crippen LogP contribution in [0.3, 0.4) is 0 Å². The normalized spacial score (nSPS) is 9.89. The molecule has 0 aliphatic carbocycles. The third kappa shape index (κ3) is 25.2. The topological polar surface area (TPSA) is 152 Å².